The molecule has 2 heterocycles. The third kappa shape index (κ3) is 4.26. The number of benzene rings is 1. The number of oxazole rings is 1. The third-order valence-electron chi connectivity index (χ3n) is 3.67. The van der Waals surface area contributed by atoms with Crippen LogP contribution in [0.2, 0.25) is 0 Å². The van der Waals surface area contributed by atoms with Crippen molar-refractivity contribution in [2.24, 2.45) is 0 Å². The second kappa shape index (κ2) is 7.81. The Morgan fingerprint density at radius 3 is 2.85 bits per heavy atom. The number of ether oxygens (including phenoxy) is 1. The number of alkyl carbamates (subject to hydrolysis) is 1. The van der Waals surface area contributed by atoms with Gasteiger partial charge < -0.3 is 24.7 Å². The minimum absolute atomic E-state index is 0.0957. The molecule has 9 nitrogen and oxygen atoms in total. The SMILES string of the molecule is O=C(NCC(O)C(O)c1cnc2[nH]c(=O)oc2c1)OCc1ccccc1. The van der Waals surface area contributed by atoms with Crippen molar-refractivity contribution in [3.8, 4) is 0 Å². The first kappa shape index (κ1) is 17.6. The highest BCUT2D eigenvalue weighted by molar-refractivity contribution is 5.68. The van der Waals surface area contributed by atoms with E-state index in [1.54, 1.807) is 0 Å². The number of carbonyl (C=O) groups excluding carboxylic acids is 1. The molecule has 0 saturated heterocycles. The Kier molecular flexibility index (Phi) is 5.30. The van der Waals surface area contributed by atoms with Gasteiger partial charge in [-0.25, -0.2) is 14.6 Å². The molecule has 0 saturated carbocycles. The predicted molar refractivity (Wildman–Crippen MR) is 90.2 cm³/mol. The van der Waals surface area contributed by atoms with Crippen LogP contribution in [0.3, 0.4) is 0 Å². The molecule has 2 aromatic heterocycles. The molecule has 3 rings (SSSR count). The van der Waals surface area contributed by atoms with Crippen LogP contribution in [0.15, 0.2) is 51.8 Å². The van der Waals surface area contributed by atoms with Crippen molar-refractivity contribution in [2.45, 2.75) is 18.8 Å². The maximum atomic E-state index is 11.7. The molecule has 0 bridgehead atoms. The number of aromatic amines is 1. The average molecular weight is 359 g/mol. The summed E-state index contributed by atoms with van der Waals surface area (Å²) in [7, 11) is 0. The number of hydrogen-bond acceptors (Lipinski definition) is 7. The number of pyridine rings is 1. The number of nitrogens with one attached hydrogen (secondary N) is 2. The van der Waals surface area contributed by atoms with Crippen molar-refractivity contribution >= 4 is 17.3 Å². The summed E-state index contributed by atoms with van der Waals surface area (Å²) < 4.78 is 9.87. The maximum absolute atomic E-state index is 11.7. The van der Waals surface area contributed by atoms with Crippen LogP contribution >= 0.6 is 0 Å². The van der Waals surface area contributed by atoms with Crippen LogP contribution in [0.1, 0.15) is 17.2 Å². The largest absolute Gasteiger partial charge is 0.445 e. The summed E-state index contributed by atoms with van der Waals surface area (Å²) in [6.07, 6.45) is -2.05. The summed E-state index contributed by atoms with van der Waals surface area (Å²) in [6, 6.07) is 10.5. The molecule has 0 fully saturated rings. The van der Waals surface area contributed by atoms with Crippen LogP contribution in [-0.2, 0) is 11.3 Å². The number of fused-ring (bicyclic) bond motifs is 1. The topological polar surface area (TPSA) is 138 Å². The van der Waals surface area contributed by atoms with Gasteiger partial charge >= 0.3 is 11.8 Å². The smallest absolute Gasteiger partial charge is 0.418 e. The first-order valence-electron chi connectivity index (χ1n) is 7.82. The van der Waals surface area contributed by atoms with Crippen molar-refractivity contribution in [2.75, 3.05) is 6.54 Å². The van der Waals surface area contributed by atoms with E-state index in [-0.39, 0.29) is 29.9 Å². The van der Waals surface area contributed by atoms with E-state index in [1.807, 2.05) is 30.3 Å². The number of carbonyl (C=O) groups is 1. The Morgan fingerprint density at radius 1 is 1.31 bits per heavy atom. The minimum atomic E-state index is -1.33. The summed E-state index contributed by atoms with van der Waals surface area (Å²) in [5.74, 6) is -0.664. The number of aliphatic hydroxyl groups is 2. The molecule has 0 aliphatic carbocycles. The molecule has 26 heavy (non-hydrogen) atoms. The van der Waals surface area contributed by atoms with E-state index in [0.29, 0.717) is 0 Å². The van der Waals surface area contributed by atoms with Crippen molar-refractivity contribution in [3.05, 3.63) is 64.3 Å². The molecule has 1 aromatic carbocycles. The first-order valence-corrected chi connectivity index (χ1v) is 7.82. The van der Waals surface area contributed by atoms with Gasteiger partial charge in [0.2, 0.25) is 0 Å². The zero-order valence-electron chi connectivity index (χ0n) is 13.6. The van der Waals surface area contributed by atoms with Crippen molar-refractivity contribution in [1.82, 2.24) is 15.3 Å². The zero-order valence-corrected chi connectivity index (χ0v) is 13.6. The van der Waals surface area contributed by atoms with E-state index >= 15 is 0 Å². The number of hydrogen-bond donors (Lipinski definition) is 4. The summed E-state index contributed by atoms with van der Waals surface area (Å²) in [5.41, 5.74) is 1.47. The molecule has 9 heteroatoms. The van der Waals surface area contributed by atoms with Gasteiger partial charge in [-0.2, -0.15) is 0 Å². The predicted octanol–water partition coefficient (Wildman–Crippen LogP) is 0.837. The summed E-state index contributed by atoms with van der Waals surface area (Å²) in [5, 5.41) is 22.6. The van der Waals surface area contributed by atoms with Gasteiger partial charge in [0.15, 0.2) is 11.2 Å². The molecule has 2 unspecified atom stereocenters. The Bertz CT molecular complexity index is 936. The molecule has 4 N–H and O–H groups in total. The Balaban J connectivity index is 1.52. The van der Waals surface area contributed by atoms with Gasteiger partial charge in [-0.1, -0.05) is 30.3 Å². The molecule has 0 aliphatic heterocycles. The van der Waals surface area contributed by atoms with E-state index in [4.69, 9.17) is 9.15 Å². The van der Waals surface area contributed by atoms with Crippen LogP contribution in [0.4, 0.5) is 4.79 Å². The molecular formula is C17H17N3O6. The van der Waals surface area contributed by atoms with E-state index < -0.39 is 24.1 Å². The van der Waals surface area contributed by atoms with Gasteiger partial charge in [0.1, 0.15) is 18.8 Å². The Morgan fingerprint density at radius 2 is 2.08 bits per heavy atom. The van der Waals surface area contributed by atoms with Gasteiger partial charge in [-0.3, -0.25) is 4.98 Å². The second-order valence-corrected chi connectivity index (χ2v) is 5.58. The van der Waals surface area contributed by atoms with Crippen LogP contribution < -0.4 is 11.1 Å². The first-order chi connectivity index (χ1) is 12.5. The van der Waals surface area contributed by atoms with Crippen molar-refractivity contribution < 1.29 is 24.2 Å². The zero-order chi connectivity index (χ0) is 18.5. The molecule has 136 valence electrons. The number of rotatable bonds is 6. The van der Waals surface area contributed by atoms with E-state index in [1.165, 1.54) is 12.3 Å². The fraction of sp³-hybridized carbons (Fsp3) is 0.235. The van der Waals surface area contributed by atoms with Crippen LogP contribution in [0.25, 0.3) is 11.2 Å². The van der Waals surface area contributed by atoms with Crippen LogP contribution in [0.5, 0.6) is 0 Å². The molecule has 0 radical (unpaired) electrons. The number of H-pyrrole nitrogens is 1. The fourth-order valence-electron chi connectivity index (χ4n) is 2.31. The van der Waals surface area contributed by atoms with Gasteiger partial charge in [0.25, 0.3) is 0 Å². The van der Waals surface area contributed by atoms with E-state index in [9.17, 15) is 19.8 Å². The summed E-state index contributed by atoms with van der Waals surface area (Å²) in [4.78, 5) is 29.1. The number of aromatic nitrogens is 2. The van der Waals surface area contributed by atoms with Gasteiger partial charge in [0, 0.05) is 18.3 Å². The Hall–Kier alpha value is -3.17. The molecule has 0 spiro atoms. The number of nitrogens with zero attached hydrogens (tertiary/aromatic N) is 1. The standard InChI is InChI=1S/C17H17N3O6/c21-12(8-19-16(23)25-9-10-4-2-1-3-5-10)14(22)11-6-13-15(18-7-11)20-17(24)26-13/h1-7,12,14,21-22H,8-9H2,(H,19,23)(H,18,20,24). The fourth-order valence-corrected chi connectivity index (χ4v) is 2.31. The Labute approximate surface area is 147 Å². The summed E-state index contributed by atoms with van der Waals surface area (Å²) >= 11 is 0. The van der Waals surface area contributed by atoms with E-state index in [2.05, 4.69) is 15.3 Å². The highest BCUT2D eigenvalue weighted by Gasteiger charge is 2.21. The minimum Gasteiger partial charge on any atom is -0.445 e. The normalized spacial score (nSPS) is 13.3. The van der Waals surface area contributed by atoms with E-state index in [0.717, 1.165) is 5.56 Å². The summed E-state index contributed by atoms with van der Waals surface area (Å²) in [6.45, 7) is -0.137. The number of amides is 1. The third-order valence-corrected chi connectivity index (χ3v) is 3.67. The lowest BCUT2D eigenvalue weighted by atomic mass is 10.1. The highest BCUT2D eigenvalue weighted by atomic mass is 16.5. The van der Waals surface area contributed by atoms with Gasteiger partial charge in [-0.05, 0) is 11.6 Å². The molecule has 3 aromatic rings. The van der Waals surface area contributed by atoms with Crippen LogP contribution in [0, 0.1) is 0 Å². The van der Waals surface area contributed by atoms with Crippen LogP contribution in [-0.4, -0.2) is 38.9 Å². The lowest BCUT2D eigenvalue weighted by Gasteiger charge is -2.18. The lowest BCUT2D eigenvalue weighted by Crippen LogP contribution is -2.35. The lowest BCUT2D eigenvalue weighted by molar-refractivity contribution is 0.0182. The molecule has 1 amide bonds. The van der Waals surface area contributed by atoms with Gasteiger partial charge in [-0.15, -0.1) is 0 Å². The second-order valence-electron chi connectivity index (χ2n) is 5.58. The quantitative estimate of drug-likeness (QED) is 0.511. The monoisotopic (exact) mass is 359 g/mol. The molecule has 0 aliphatic rings. The average Bonchev–Trinajstić information content (AvgIpc) is 3.03. The van der Waals surface area contributed by atoms with Crippen molar-refractivity contribution in [1.29, 1.82) is 0 Å². The van der Waals surface area contributed by atoms with Crippen molar-refractivity contribution in [3.63, 3.8) is 0 Å². The van der Waals surface area contributed by atoms with Gasteiger partial charge in [0.05, 0.1) is 0 Å². The molecular weight excluding hydrogens is 342 g/mol. The number of aliphatic hydroxyl groups excluding tert-OH is 2. The molecule has 2 atom stereocenters. The maximum Gasteiger partial charge on any atom is 0.418 e. The highest BCUT2D eigenvalue weighted by Crippen LogP contribution is 2.19.